The van der Waals surface area contributed by atoms with Crippen molar-refractivity contribution in [3.8, 4) is 0 Å². The number of hydrogen-bond acceptors (Lipinski definition) is 4. The summed E-state index contributed by atoms with van der Waals surface area (Å²) >= 11 is 6.92. The quantitative estimate of drug-likeness (QED) is 0.759. The smallest absolute Gasteiger partial charge is 0.417 e. The number of carbonyl (C=O) groups is 2. The predicted octanol–water partition coefficient (Wildman–Crippen LogP) is 4.83. The Morgan fingerprint density at radius 3 is 2.48 bits per heavy atom. The maximum absolute atomic E-state index is 12.8. The zero-order chi connectivity index (χ0) is 18.8. The van der Waals surface area contributed by atoms with E-state index in [4.69, 9.17) is 16.3 Å². The van der Waals surface area contributed by atoms with Crippen LogP contribution in [0.4, 0.5) is 18.9 Å². The van der Waals surface area contributed by atoms with E-state index in [0.717, 1.165) is 15.8 Å². The highest BCUT2D eigenvalue weighted by Gasteiger charge is 2.33. The second kappa shape index (κ2) is 7.45. The fourth-order valence-corrected chi connectivity index (χ4v) is 3.20. The number of ether oxygens (including phenoxy) is 1. The number of alkyl halides is 3. The van der Waals surface area contributed by atoms with Crippen LogP contribution in [0.5, 0.6) is 0 Å². The highest BCUT2D eigenvalue weighted by atomic mass is 35.5. The van der Waals surface area contributed by atoms with Gasteiger partial charge in [0, 0.05) is 15.4 Å². The van der Waals surface area contributed by atoms with Gasteiger partial charge in [-0.3, -0.25) is 4.79 Å². The molecule has 25 heavy (non-hydrogen) atoms. The second-order valence-corrected chi connectivity index (χ2v) is 7.01. The third kappa shape index (κ3) is 4.96. The van der Waals surface area contributed by atoms with E-state index >= 15 is 0 Å². The highest BCUT2D eigenvalue weighted by Crippen LogP contribution is 2.36. The molecule has 0 radical (unpaired) electrons. The van der Waals surface area contributed by atoms with Gasteiger partial charge in [0.1, 0.15) is 0 Å². The zero-order valence-electron chi connectivity index (χ0n) is 13.2. The minimum Gasteiger partial charge on any atom is -0.452 e. The van der Waals surface area contributed by atoms with E-state index < -0.39 is 35.2 Å². The van der Waals surface area contributed by atoms with E-state index in [1.165, 1.54) is 17.4 Å². The van der Waals surface area contributed by atoms with Crippen LogP contribution in [0.15, 0.2) is 24.3 Å². The Morgan fingerprint density at radius 1 is 1.24 bits per heavy atom. The van der Waals surface area contributed by atoms with Crippen LogP contribution in [0.2, 0.25) is 5.02 Å². The molecule has 0 unspecified atom stereocenters. The molecule has 1 amide bonds. The first-order valence-electron chi connectivity index (χ1n) is 6.98. The van der Waals surface area contributed by atoms with Crippen molar-refractivity contribution in [2.75, 3.05) is 11.9 Å². The molecule has 0 atom stereocenters. The number of carbonyl (C=O) groups excluding carboxylic acids is 2. The summed E-state index contributed by atoms with van der Waals surface area (Å²) in [5.41, 5.74) is -0.796. The fraction of sp³-hybridized carbons (Fsp3) is 0.250. The van der Waals surface area contributed by atoms with Crippen LogP contribution in [0, 0.1) is 13.8 Å². The molecule has 0 saturated carbocycles. The van der Waals surface area contributed by atoms with E-state index in [1.807, 2.05) is 6.92 Å². The number of esters is 1. The Bertz CT molecular complexity index is 817. The first-order valence-corrected chi connectivity index (χ1v) is 8.18. The number of benzene rings is 1. The van der Waals surface area contributed by atoms with Gasteiger partial charge >= 0.3 is 12.1 Å². The molecule has 0 saturated heterocycles. The van der Waals surface area contributed by atoms with Crippen LogP contribution < -0.4 is 5.32 Å². The molecule has 134 valence electrons. The SMILES string of the molecule is Cc1cc(C(=O)OCC(=O)Nc2ccc(Cl)c(C(F)(F)F)c2)c(C)s1. The molecule has 0 aliphatic heterocycles. The number of halogens is 4. The topological polar surface area (TPSA) is 55.4 Å². The van der Waals surface area contributed by atoms with Crippen molar-refractivity contribution in [2.45, 2.75) is 20.0 Å². The standard InChI is InChI=1S/C16H13ClF3NO3S/c1-8-5-11(9(2)25-8)15(23)24-7-14(22)21-10-3-4-13(17)12(6-10)16(18,19)20/h3-6H,7H2,1-2H3,(H,21,22). The number of amides is 1. The summed E-state index contributed by atoms with van der Waals surface area (Å²) in [6.07, 6.45) is -4.64. The maximum atomic E-state index is 12.8. The molecule has 9 heteroatoms. The number of nitrogens with one attached hydrogen (secondary N) is 1. The molecule has 0 bridgehead atoms. The number of rotatable bonds is 4. The van der Waals surface area contributed by atoms with E-state index in [-0.39, 0.29) is 5.69 Å². The molecule has 1 N–H and O–H groups in total. The summed E-state index contributed by atoms with van der Waals surface area (Å²) in [6, 6.07) is 4.62. The van der Waals surface area contributed by atoms with Gasteiger partial charge in [-0.05, 0) is 38.1 Å². The van der Waals surface area contributed by atoms with Crippen LogP contribution in [-0.2, 0) is 15.7 Å². The van der Waals surface area contributed by atoms with Crippen LogP contribution >= 0.6 is 22.9 Å². The van der Waals surface area contributed by atoms with Gasteiger partial charge in [-0.15, -0.1) is 11.3 Å². The molecule has 0 aliphatic rings. The van der Waals surface area contributed by atoms with Gasteiger partial charge in [0.15, 0.2) is 6.61 Å². The van der Waals surface area contributed by atoms with Crippen molar-refractivity contribution in [2.24, 2.45) is 0 Å². The molecule has 2 aromatic rings. The largest absolute Gasteiger partial charge is 0.452 e. The van der Waals surface area contributed by atoms with Gasteiger partial charge in [0.2, 0.25) is 0 Å². The van der Waals surface area contributed by atoms with E-state index in [0.29, 0.717) is 11.6 Å². The molecular formula is C16H13ClF3NO3S. The fourth-order valence-electron chi connectivity index (χ4n) is 2.06. The Morgan fingerprint density at radius 2 is 1.92 bits per heavy atom. The summed E-state index contributed by atoms with van der Waals surface area (Å²) in [5, 5.41) is 1.76. The molecule has 2 rings (SSSR count). The third-order valence-electron chi connectivity index (χ3n) is 3.15. The highest BCUT2D eigenvalue weighted by molar-refractivity contribution is 7.12. The molecule has 0 fully saturated rings. The average Bonchev–Trinajstić information content (AvgIpc) is 2.84. The van der Waals surface area contributed by atoms with Crippen molar-refractivity contribution in [3.05, 3.63) is 50.2 Å². The van der Waals surface area contributed by atoms with Gasteiger partial charge in [0.25, 0.3) is 5.91 Å². The maximum Gasteiger partial charge on any atom is 0.417 e. The number of hydrogen-bond donors (Lipinski definition) is 1. The number of thiophene rings is 1. The molecule has 0 aliphatic carbocycles. The third-order valence-corrected chi connectivity index (χ3v) is 4.45. The van der Waals surface area contributed by atoms with Crippen molar-refractivity contribution < 1.29 is 27.5 Å². The van der Waals surface area contributed by atoms with Gasteiger partial charge in [0.05, 0.1) is 16.1 Å². The summed E-state index contributed by atoms with van der Waals surface area (Å²) in [4.78, 5) is 25.4. The first-order chi connectivity index (χ1) is 11.6. The Hall–Kier alpha value is -2.06. The number of aryl methyl sites for hydroxylation is 2. The molecular weight excluding hydrogens is 379 g/mol. The summed E-state index contributed by atoms with van der Waals surface area (Å²) in [7, 11) is 0. The lowest BCUT2D eigenvalue weighted by Gasteiger charge is -2.12. The van der Waals surface area contributed by atoms with Gasteiger partial charge in [-0.25, -0.2) is 4.79 Å². The van der Waals surface area contributed by atoms with Crippen molar-refractivity contribution in [3.63, 3.8) is 0 Å². The molecule has 1 heterocycles. The molecule has 0 spiro atoms. The lowest BCUT2D eigenvalue weighted by molar-refractivity contribution is -0.137. The monoisotopic (exact) mass is 391 g/mol. The zero-order valence-corrected chi connectivity index (χ0v) is 14.7. The lowest BCUT2D eigenvalue weighted by atomic mass is 10.2. The van der Waals surface area contributed by atoms with Crippen LogP contribution in [0.25, 0.3) is 0 Å². The Labute approximate surface area is 150 Å². The van der Waals surface area contributed by atoms with Crippen LogP contribution in [0.1, 0.15) is 25.7 Å². The molecule has 1 aromatic heterocycles. The molecule has 1 aromatic carbocycles. The van der Waals surface area contributed by atoms with Crippen LogP contribution in [0.3, 0.4) is 0 Å². The molecule has 4 nitrogen and oxygen atoms in total. The predicted molar refractivity (Wildman–Crippen MR) is 89.2 cm³/mol. The normalized spacial score (nSPS) is 11.3. The summed E-state index contributed by atoms with van der Waals surface area (Å²) < 4.78 is 43.2. The van der Waals surface area contributed by atoms with E-state index in [1.54, 1.807) is 13.0 Å². The second-order valence-electron chi connectivity index (χ2n) is 5.14. The van der Waals surface area contributed by atoms with E-state index in [9.17, 15) is 22.8 Å². The van der Waals surface area contributed by atoms with Crippen molar-refractivity contribution >= 4 is 40.5 Å². The van der Waals surface area contributed by atoms with E-state index in [2.05, 4.69) is 5.32 Å². The minimum absolute atomic E-state index is 0.0969. The number of anilines is 1. The van der Waals surface area contributed by atoms with Crippen LogP contribution in [-0.4, -0.2) is 18.5 Å². The first kappa shape index (κ1) is 19.3. The Balaban J connectivity index is 1.99. The summed E-state index contributed by atoms with van der Waals surface area (Å²) in [5.74, 6) is -1.42. The lowest BCUT2D eigenvalue weighted by Crippen LogP contribution is -2.21. The van der Waals surface area contributed by atoms with Gasteiger partial charge < -0.3 is 10.1 Å². The van der Waals surface area contributed by atoms with Gasteiger partial charge in [-0.1, -0.05) is 11.6 Å². The average molecular weight is 392 g/mol. The van der Waals surface area contributed by atoms with Crippen molar-refractivity contribution in [1.82, 2.24) is 0 Å². The summed E-state index contributed by atoms with van der Waals surface area (Å²) in [6.45, 7) is 2.97. The Kier molecular flexibility index (Phi) is 5.74. The minimum atomic E-state index is -4.64. The van der Waals surface area contributed by atoms with Gasteiger partial charge in [-0.2, -0.15) is 13.2 Å². The van der Waals surface area contributed by atoms with Crippen molar-refractivity contribution in [1.29, 1.82) is 0 Å².